The Morgan fingerprint density at radius 1 is 1.10 bits per heavy atom. The van der Waals surface area contributed by atoms with Crippen LogP contribution in [0.25, 0.3) is 0 Å². The van der Waals surface area contributed by atoms with Gasteiger partial charge in [0.05, 0.1) is 6.21 Å². The molecule has 1 heterocycles. The summed E-state index contributed by atoms with van der Waals surface area (Å²) in [6.45, 7) is 1.81. The Balaban J connectivity index is 1.97. The van der Waals surface area contributed by atoms with Crippen molar-refractivity contribution in [1.82, 2.24) is 10.9 Å². The molecule has 2 rings (SSSR count). The van der Waals surface area contributed by atoms with E-state index in [0.717, 1.165) is 5.76 Å². The summed E-state index contributed by atoms with van der Waals surface area (Å²) in [5.41, 5.74) is 4.42. The van der Waals surface area contributed by atoms with E-state index in [2.05, 4.69) is 10.5 Å². The Morgan fingerprint density at radius 3 is 2.24 bits per heavy atom. The highest BCUT2D eigenvalue weighted by molar-refractivity contribution is 5.97. The summed E-state index contributed by atoms with van der Waals surface area (Å²) < 4.78 is 5.26. The third kappa shape index (κ3) is 3.77. The van der Waals surface area contributed by atoms with Gasteiger partial charge in [-0.15, -0.1) is 0 Å². The zero-order valence-electron chi connectivity index (χ0n) is 11.2. The Kier molecular flexibility index (Phi) is 4.47. The van der Waals surface area contributed by atoms with Crippen molar-refractivity contribution in [2.24, 2.45) is 5.10 Å². The second-order valence-corrected chi connectivity index (χ2v) is 4.17. The molecule has 1 aromatic heterocycles. The number of rotatable bonds is 4. The number of benzene rings is 1. The van der Waals surface area contributed by atoms with Gasteiger partial charge in [0.15, 0.2) is 0 Å². The number of hydrogen-bond donors (Lipinski definition) is 3. The first-order valence-electron chi connectivity index (χ1n) is 6.04. The minimum Gasteiger partial charge on any atom is -0.460 e. The van der Waals surface area contributed by atoms with E-state index >= 15 is 0 Å². The zero-order chi connectivity index (χ0) is 15.2. The number of nitrogens with one attached hydrogen (secondary N) is 2. The monoisotopic (exact) mass is 287 g/mol. The molecule has 0 spiro atoms. The van der Waals surface area contributed by atoms with Crippen LogP contribution in [0.4, 0.5) is 0 Å². The Hall–Kier alpha value is -2.93. The number of amides is 2. The summed E-state index contributed by atoms with van der Waals surface area (Å²) in [5, 5.41) is 12.3. The highest BCUT2D eigenvalue weighted by Crippen LogP contribution is 2.05. The van der Waals surface area contributed by atoms with E-state index in [1.54, 1.807) is 19.1 Å². The zero-order valence-corrected chi connectivity index (χ0v) is 11.2. The van der Waals surface area contributed by atoms with Gasteiger partial charge in [-0.1, -0.05) is 0 Å². The van der Waals surface area contributed by atoms with Gasteiger partial charge in [0.1, 0.15) is 11.5 Å². The van der Waals surface area contributed by atoms with Crippen LogP contribution in [-0.2, 0) is 0 Å². The van der Waals surface area contributed by atoms with Gasteiger partial charge < -0.3 is 4.42 Å². The summed E-state index contributed by atoms with van der Waals surface area (Å²) in [6.07, 6.45) is 1.39. The number of furan rings is 1. The maximum absolute atomic E-state index is 11.8. The lowest BCUT2D eigenvalue weighted by molar-refractivity contribution is 0.0706. The predicted molar refractivity (Wildman–Crippen MR) is 74.2 cm³/mol. The molecule has 0 bridgehead atoms. The number of hydrazone groups is 1. The van der Waals surface area contributed by atoms with Crippen LogP contribution in [0.3, 0.4) is 0 Å². The Labute approximate surface area is 120 Å². The lowest BCUT2D eigenvalue weighted by Crippen LogP contribution is -2.20. The van der Waals surface area contributed by atoms with Gasteiger partial charge in [-0.05, 0) is 43.3 Å². The van der Waals surface area contributed by atoms with Crippen molar-refractivity contribution < 1.29 is 19.2 Å². The molecule has 0 unspecified atom stereocenters. The maximum Gasteiger partial charge on any atom is 0.274 e. The van der Waals surface area contributed by atoms with E-state index in [9.17, 15) is 9.59 Å². The third-order valence-corrected chi connectivity index (χ3v) is 2.63. The molecule has 2 amide bonds. The first-order valence-corrected chi connectivity index (χ1v) is 6.04. The molecule has 0 atom stereocenters. The number of carbonyl (C=O) groups is 2. The van der Waals surface area contributed by atoms with Crippen molar-refractivity contribution >= 4 is 18.0 Å². The quantitative estimate of drug-likeness (QED) is 0.450. The number of nitrogens with zero attached hydrogens (tertiary/aromatic N) is 1. The second-order valence-electron chi connectivity index (χ2n) is 4.17. The summed E-state index contributed by atoms with van der Waals surface area (Å²) in [6, 6.07) is 9.25. The Bertz CT molecular complexity index is 674. The van der Waals surface area contributed by atoms with Gasteiger partial charge in [-0.25, -0.2) is 10.9 Å². The summed E-state index contributed by atoms with van der Waals surface area (Å²) in [5.74, 6) is 0.210. The molecular formula is C14H13N3O4. The maximum atomic E-state index is 11.8. The highest BCUT2D eigenvalue weighted by Gasteiger charge is 2.07. The van der Waals surface area contributed by atoms with E-state index in [1.165, 1.54) is 36.0 Å². The molecule has 0 aliphatic heterocycles. The van der Waals surface area contributed by atoms with Crippen LogP contribution in [0.15, 0.2) is 45.9 Å². The molecule has 0 fully saturated rings. The SMILES string of the molecule is Cc1ccc(/C=N/NC(=O)c2ccc(C(=O)NO)cc2)o1. The van der Waals surface area contributed by atoms with Crippen LogP contribution in [0.2, 0.25) is 0 Å². The molecule has 0 radical (unpaired) electrons. The average Bonchev–Trinajstić information content (AvgIpc) is 2.92. The first-order chi connectivity index (χ1) is 10.1. The van der Waals surface area contributed by atoms with E-state index in [-0.39, 0.29) is 5.56 Å². The summed E-state index contributed by atoms with van der Waals surface area (Å²) >= 11 is 0. The standard InChI is InChI=1S/C14H13N3O4/c1-9-2-7-12(21-9)8-15-16-13(18)10-3-5-11(6-4-10)14(19)17-20/h2-8,20H,1H3,(H,16,18)(H,17,19)/b15-8+. The van der Waals surface area contributed by atoms with Crippen LogP contribution in [-0.4, -0.2) is 23.2 Å². The molecule has 2 aromatic rings. The molecule has 0 aliphatic carbocycles. The van der Waals surface area contributed by atoms with Crippen molar-refractivity contribution in [3.63, 3.8) is 0 Å². The van der Waals surface area contributed by atoms with Crippen LogP contribution in [0, 0.1) is 6.92 Å². The van der Waals surface area contributed by atoms with Gasteiger partial charge >= 0.3 is 0 Å². The summed E-state index contributed by atoms with van der Waals surface area (Å²) in [4.78, 5) is 22.9. The minimum absolute atomic E-state index is 0.239. The van der Waals surface area contributed by atoms with Crippen molar-refractivity contribution in [1.29, 1.82) is 0 Å². The lowest BCUT2D eigenvalue weighted by Gasteiger charge is -2.01. The minimum atomic E-state index is -0.645. The number of carbonyl (C=O) groups excluding carboxylic acids is 2. The average molecular weight is 287 g/mol. The number of hydroxylamine groups is 1. The van der Waals surface area contributed by atoms with E-state index < -0.39 is 11.8 Å². The van der Waals surface area contributed by atoms with Crippen LogP contribution >= 0.6 is 0 Å². The van der Waals surface area contributed by atoms with Crippen LogP contribution < -0.4 is 10.9 Å². The topological polar surface area (TPSA) is 104 Å². The molecule has 7 heteroatoms. The number of aryl methyl sites for hydroxylation is 1. The van der Waals surface area contributed by atoms with Crippen LogP contribution in [0.5, 0.6) is 0 Å². The fourth-order valence-electron chi connectivity index (χ4n) is 1.58. The lowest BCUT2D eigenvalue weighted by atomic mass is 10.1. The largest absolute Gasteiger partial charge is 0.460 e. The third-order valence-electron chi connectivity index (χ3n) is 2.63. The smallest absolute Gasteiger partial charge is 0.274 e. The van der Waals surface area contributed by atoms with Crippen molar-refractivity contribution in [3.05, 3.63) is 59.0 Å². The molecular weight excluding hydrogens is 274 g/mol. The molecule has 21 heavy (non-hydrogen) atoms. The van der Waals surface area contributed by atoms with Crippen molar-refractivity contribution in [2.45, 2.75) is 6.92 Å². The Morgan fingerprint density at radius 2 is 1.71 bits per heavy atom. The molecule has 3 N–H and O–H groups in total. The molecule has 0 saturated heterocycles. The molecule has 7 nitrogen and oxygen atoms in total. The highest BCUT2D eigenvalue weighted by atomic mass is 16.5. The van der Waals surface area contributed by atoms with Crippen molar-refractivity contribution in [3.8, 4) is 0 Å². The van der Waals surface area contributed by atoms with E-state index in [1.807, 2.05) is 0 Å². The molecule has 108 valence electrons. The van der Waals surface area contributed by atoms with Gasteiger partial charge in [0.25, 0.3) is 11.8 Å². The first kappa shape index (κ1) is 14.5. The normalized spacial score (nSPS) is 10.6. The van der Waals surface area contributed by atoms with Gasteiger partial charge in [-0.3, -0.25) is 14.8 Å². The van der Waals surface area contributed by atoms with Crippen molar-refractivity contribution in [2.75, 3.05) is 0 Å². The van der Waals surface area contributed by atoms with Crippen LogP contribution in [0.1, 0.15) is 32.2 Å². The molecule has 0 saturated carbocycles. The fourth-order valence-corrected chi connectivity index (χ4v) is 1.58. The van der Waals surface area contributed by atoms with Gasteiger partial charge in [0.2, 0.25) is 0 Å². The predicted octanol–water partition coefficient (Wildman–Crippen LogP) is 1.47. The van der Waals surface area contributed by atoms with Gasteiger partial charge in [0, 0.05) is 11.1 Å². The van der Waals surface area contributed by atoms with Gasteiger partial charge in [-0.2, -0.15) is 5.10 Å². The number of hydrogen-bond acceptors (Lipinski definition) is 5. The van der Waals surface area contributed by atoms with E-state index in [4.69, 9.17) is 9.62 Å². The van der Waals surface area contributed by atoms with E-state index in [0.29, 0.717) is 11.3 Å². The molecule has 0 aliphatic rings. The fraction of sp³-hybridized carbons (Fsp3) is 0.0714. The molecule has 1 aromatic carbocycles. The summed E-state index contributed by atoms with van der Waals surface area (Å²) in [7, 11) is 0. The second kappa shape index (κ2) is 6.49.